The van der Waals surface area contributed by atoms with Crippen molar-refractivity contribution in [1.82, 2.24) is 0 Å². The van der Waals surface area contributed by atoms with Crippen molar-refractivity contribution in [2.24, 2.45) is 0 Å². The van der Waals surface area contributed by atoms with Crippen molar-refractivity contribution in [2.45, 2.75) is 0 Å². The summed E-state index contributed by atoms with van der Waals surface area (Å²) >= 11 is 1.49. The first kappa shape index (κ1) is 15.0. The van der Waals surface area contributed by atoms with E-state index in [1.807, 2.05) is 48.7 Å². The molecule has 0 heterocycles. The molecule has 0 atom stereocenters. The molecule has 0 radical (unpaired) electrons. The number of hydrogen-bond donors (Lipinski definition) is 4. The van der Waals surface area contributed by atoms with Gasteiger partial charge in [-0.2, -0.15) is 0 Å². The molecule has 0 aliphatic carbocycles. The highest BCUT2D eigenvalue weighted by Crippen LogP contribution is 2.22. The van der Waals surface area contributed by atoms with Crippen LogP contribution in [-0.4, -0.2) is 12.0 Å². The average molecular weight is 298 g/mol. The van der Waals surface area contributed by atoms with Crippen LogP contribution in [-0.2, 0) is 0 Å². The van der Waals surface area contributed by atoms with Crippen LogP contribution in [0.2, 0.25) is 0 Å². The van der Waals surface area contributed by atoms with Crippen molar-refractivity contribution in [3.63, 3.8) is 0 Å². The molecule has 21 heavy (non-hydrogen) atoms. The Balaban J connectivity index is 2.19. The summed E-state index contributed by atoms with van der Waals surface area (Å²) in [6, 6.07) is 15.2. The van der Waals surface area contributed by atoms with Crippen molar-refractivity contribution in [3.05, 3.63) is 66.4 Å². The maximum Gasteiger partial charge on any atom is 0.0862 e. The standard InChI is InChI=1S/C16H18N4S/c1-11(19-12-6-4-3-5-7-12)16(18)14-10-13(20-21-2)8-9-15(14)17/h3-10,18-20H,1,17H2,2H3. The molecule has 0 amide bonds. The van der Waals surface area contributed by atoms with Crippen LogP contribution >= 0.6 is 11.9 Å². The third-order valence-electron chi connectivity index (χ3n) is 2.91. The van der Waals surface area contributed by atoms with E-state index in [4.69, 9.17) is 11.1 Å². The number of allylic oxidation sites excluding steroid dienone is 1. The highest BCUT2D eigenvalue weighted by atomic mass is 32.2. The maximum atomic E-state index is 8.28. The summed E-state index contributed by atoms with van der Waals surface area (Å²) in [4.78, 5) is 0. The van der Waals surface area contributed by atoms with E-state index in [0.717, 1.165) is 11.4 Å². The number of nitrogens with one attached hydrogen (secondary N) is 3. The van der Waals surface area contributed by atoms with Gasteiger partial charge in [0.15, 0.2) is 0 Å². The van der Waals surface area contributed by atoms with Crippen molar-refractivity contribution >= 4 is 34.7 Å². The third-order valence-corrected chi connectivity index (χ3v) is 3.35. The van der Waals surface area contributed by atoms with Crippen molar-refractivity contribution in [2.75, 3.05) is 22.0 Å². The summed E-state index contributed by atoms with van der Waals surface area (Å²) in [7, 11) is 0. The van der Waals surface area contributed by atoms with E-state index >= 15 is 0 Å². The highest BCUT2D eigenvalue weighted by molar-refractivity contribution is 7.99. The molecule has 4 nitrogen and oxygen atoms in total. The number of rotatable bonds is 6. The second-order valence-corrected chi connectivity index (χ2v) is 5.07. The largest absolute Gasteiger partial charge is 0.398 e. The van der Waals surface area contributed by atoms with Crippen LogP contribution in [0.15, 0.2) is 60.8 Å². The van der Waals surface area contributed by atoms with Gasteiger partial charge in [-0.3, -0.25) is 5.41 Å². The van der Waals surface area contributed by atoms with Gasteiger partial charge in [0.25, 0.3) is 0 Å². The zero-order valence-electron chi connectivity index (χ0n) is 11.8. The minimum Gasteiger partial charge on any atom is -0.398 e. The number of nitrogens with two attached hydrogens (primary N) is 1. The Morgan fingerprint density at radius 1 is 1.14 bits per heavy atom. The quantitative estimate of drug-likeness (QED) is 0.370. The topological polar surface area (TPSA) is 73.9 Å². The molecule has 2 rings (SSSR count). The number of anilines is 3. The van der Waals surface area contributed by atoms with Crippen LogP contribution in [0.4, 0.5) is 17.1 Å². The Bertz CT molecular complexity index is 653. The van der Waals surface area contributed by atoms with Gasteiger partial charge >= 0.3 is 0 Å². The fourth-order valence-corrected chi connectivity index (χ4v) is 2.24. The lowest BCUT2D eigenvalue weighted by Gasteiger charge is -2.14. The van der Waals surface area contributed by atoms with Gasteiger partial charge in [0, 0.05) is 28.9 Å². The van der Waals surface area contributed by atoms with Gasteiger partial charge in [-0.15, -0.1) is 0 Å². The molecule has 5 heteroatoms. The number of hydrogen-bond acceptors (Lipinski definition) is 5. The summed E-state index contributed by atoms with van der Waals surface area (Å²) < 4.78 is 3.13. The molecular weight excluding hydrogens is 280 g/mol. The van der Waals surface area contributed by atoms with Gasteiger partial charge in [-0.25, -0.2) is 0 Å². The van der Waals surface area contributed by atoms with E-state index < -0.39 is 0 Å². The summed E-state index contributed by atoms with van der Waals surface area (Å²) in [5.74, 6) is 0. The van der Waals surface area contributed by atoms with E-state index in [9.17, 15) is 0 Å². The predicted molar refractivity (Wildman–Crippen MR) is 94.0 cm³/mol. The fourth-order valence-electron chi connectivity index (χ4n) is 1.87. The van der Waals surface area contributed by atoms with Gasteiger partial charge < -0.3 is 15.8 Å². The van der Waals surface area contributed by atoms with Gasteiger partial charge in [0.1, 0.15) is 0 Å². The first-order chi connectivity index (χ1) is 10.1. The van der Waals surface area contributed by atoms with Gasteiger partial charge in [0.05, 0.1) is 11.4 Å². The molecule has 2 aromatic rings. The lowest BCUT2D eigenvalue weighted by atomic mass is 10.0. The highest BCUT2D eigenvalue weighted by Gasteiger charge is 2.10. The van der Waals surface area contributed by atoms with Crippen molar-refractivity contribution < 1.29 is 0 Å². The van der Waals surface area contributed by atoms with Crippen LogP contribution in [0.5, 0.6) is 0 Å². The molecule has 0 bridgehead atoms. The van der Waals surface area contributed by atoms with Gasteiger partial charge in [-0.05, 0) is 30.3 Å². The molecule has 0 unspecified atom stereocenters. The summed E-state index contributed by atoms with van der Waals surface area (Å²) in [6.07, 6.45) is 1.94. The van der Waals surface area contributed by atoms with Crippen LogP contribution in [0.25, 0.3) is 0 Å². The van der Waals surface area contributed by atoms with Crippen molar-refractivity contribution in [1.29, 1.82) is 5.41 Å². The van der Waals surface area contributed by atoms with E-state index in [2.05, 4.69) is 16.6 Å². The summed E-state index contributed by atoms with van der Waals surface area (Å²) in [6.45, 7) is 3.93. The van der Waals surface area contributed by atoms with E-state index in [-0.39, 0.29) is 5.71 Å². The summed E-state index contributed by atoms with van der Waals surface area (Å²) in [5, 5.41) is 11.4. The lowest BCUT2D eigenvalue weighted by molar-refractivity contribution is 1.42. The normalized spacial score (nSPS) is 9.95. The Labute approximate surface area is 129 Å². The molecule has 0 fully saturated rings. The Morgan fingerprint density at radius 3 is 2.52 bits per heavy atom. The van der Waals surface area contributed by atoms with Gasteiger partial charge in [0.2, 0.25) is 0 Å². The van der Waals surface area contributed by atoms with Crippen molar-refractivity contribution in [3.8, 4) is 0 Å². The molecule has 0 aliphatic heterocycles. The van der Waals surface area contributed by atoms with E-state index in [0.29, 0.717) is 16.9 Å². The molecule has 0 saturated heterocycles. The Morgan fingerprint density at radius 2 is 1.86 bits per heavy atom. The van der Waals surface area contributed by atoms with Crippen LogP contribution in [0, 0.1) is 5.41 Å². The average Bonchev–Trinajstić information content (AvgIpc) is 2.50. The Hall–Kier alpha value is -2.40. The second-order valence-electron chi connectivity index (χ2n) is 4.45. The molecule has 0 spiro atoms. The fraction of sp³-hybridized carbons (Fsp3) is 0.0625. The number of para-hydroxylation sites is 1. The third kappa shape index (κ3) is 3.79. The summed E-state index contributed by atoms with van der Waals surface area (Å²) in [5.41, 5.74) is 9.77. The van der Waals surface area contributed by atoms with Gasteiger partial charge in [-0.1, -0.05) is 36.7 Å². The SMILES string of the molecule is C=C(Nc1ccccc1)C(=N)c1cc(NSC)ccc1N. The van der Waals surface area contributed by atoms with Crippen LogP contribution in [0.1, 0.15) is 5.56 Å². The zero-order valence-corrected chi connectivity index (χ0v) is 12.6. The monoisotopic (exact) mass is 298 g/mol. The molecule has 108 valence electrons. The lowest BCUT2D eigenvalue weighted by Crippen LogP contribution is -2.13. The molecule has 0 saturated carbocycles. The van der Waals surface area contributed by atoms with Crippen LogP contribution in [0.3, 0.4) is 0 Å². The smallest absolute Gasteiger partial charge is 0.0862 e. The second kappa shape index (κ2) is 6.85. The first-order valence-corrected chi connectivity index (χ1v) is 7.63. The minimum atomic E-state index is 0.279. The van der Waals surface area contributed by atoms with Crippen LogP contribution < -0.4 is 15.8 Å². The Kier molecular flexibility index (Phi) is 4.90. The predicted octanol–water partition coefficient (Wildman–Crippen LogP) is 3.95. The number of benzene rings is 2. The number of nitrogen functional groups attached to an aromatic ring is 1. The van der Waals surface area contributed by atoms with E-state index in [1.54, 1.807) is 6.07 Å². The molecule has 5 N–H and O–H groups in total. The molecule has 2 aromatic carbocycles. The molecular formula is C16H18N4S. The molecule has 0 aromatic heterocycles. The van der Waals surface area contributed by atoms with E-state index in [1.165, 1.54) is 11.9 Å². The maximum absolute atomic E-state index is 8.28. The minimum absolute atomic E-state index is 0.279. The first-order valence-electron chi connectivity index (χ1n) is 6.40. The molecule has 0 aliphatic rings. The zero-order chi connectivity index (χ0) is 15.2.